The molecule has 0 spiro atoms. The summed E-state index contributed by atoms with van der Waals surface area (Å²) < 4.78 is 32.8. The Bertz CT molecular complexity index is 792. The van der Waals surface area contributed by atoms with Crippen LogP contribution in [-0.2, 0) is 14.8 Å². The Kier molecular flexibility index (Phi) is 4.99. The van der Waals surface area contributed by atoms with Crippen LogP contribution in [-0.4, -0.2) is 34.2 Å². The van der Waals surface area contributed by atoms with Gasteiger partial charge in [-0.15, -0.1) is 0 Å². The normalized spacial score (nSPS) is 18.4. The van der Waals surface area contributed by atoms with Crippen LogP contribution in [0.5, 0.6) is 0 Å². The fourth-order valence-corrected chi connectivity index (χ4v) is 3.81. The van der Waals surface area contributed by atoms with Gasteiger partial charge in [0.25, 0.3) is 10.0 Å². The van der Waals surface area contributed by atoms with Crippen molar-refractivity contribution in [3.63, 3.8) is 0 Å². The van der Waals surface area contributed by atoms with Gasteiger partial charge in [-0.2, -0.15) is 0 Å². The van der Waals surface area contributed by atoms with Crippen molar-refractivity contribution in [1.82, 2.24) is 0 Å². The van der Waals surface area contributed by atoms with Gasteiger partial charge in [0.2, 0.25) is 0 Å². The lowest BCUT2D eigenvalue weighted by Crippen LogP contribution is -2.41. The summed E-state index contributed by atoms with van der Waals surface area (Å²) in [5, 5.41) is 0.498. The third kappa shape index (κ3) is 4.01. The summed E-state index contributed by atoms with van der Waals surface area (Å²) in [5.41, 5.74) is 1.58. The van der Waals surface area contributed by atoms with Crippen molar-refractivity contribution >= 4 is 33.0 Å². The molecule has 1 unspecified atom stereocenters. The van der Waals surface area contributed by atoms with E-state index in [1.807, 2.05) is 19.1 Å². The molecule has 1 heterocycles. The van der Waals surface area contributed by atoms with E-state index in [2.05, 4.69) is 9.62 Å². The maximum absolute atomic E-state index is 12.4. The lowest BCUT2D eigenvalue weighted by molar-refractivity contribution is 0.0532. The van der Waals surface area contributed by atoms with Crippen LogP contribution in [0.1, 0.15) is 6.92 Å². The van der Waals surface area contributed by atoms with E-state index in [0.29, 0.717) is 17.3 Å². The molecule has 24 heavy (non-hydrogen) atoms. The Morgan fingerprint density at radius 1 is 1.12 bits per heavy atom. The number of nitrogens with zero attached hydrogens (tertiary/aromatic N) is 1. The minimum absolute atomic E-state index is 0.179. The van der Waals surface area contributed by atoms with E-state index in [-0.39, 0.29) is 11.0 Å². The number of ether oxygens (including phenoxy) is 1. The van der Waals surface area contributed by atoms with Crippen molar-refractivity contribution in [2.75, 3.05) is 29.3 Å². The summed E-state index contributed by atoms with van der Waals surface area (Å²) in [5.74, 6) is 0. The van der Waals surface area contributed by atoms with Gasteiger partial charge < -0.3 is 9.64 Å². The molecular formula is C17H19ClN2O3S. The number of hydrogen-bond donors (Lipinski definition) is 1. The van der Waals surface area contributed by atoms with E-state index in [1.165, 1.54) is 12.1 Å². The van der Waals surface area contributed by atoms with Crippen molar-refractivity contribution < 1.29 is 13.2 Å². The maximum atomic E-state index is 12.4. The molecule has 128 valence electrons. The lowest BCUT2D eigenvalue weighted by Gasteiger charge is -2.33. The molecule has 2 aromatic rings. The third-order valence-electron chi connectivity index (χ3n) is 3.85. The second-order valence-corrected chi connectivity index (χ2v) is 7.85. The SMILES string of the molecule is CC1CN(c2ccc(NS(=O)(=O)c3ccc(Cl)cc3)cc2)CCO1. The van der Waals surface area contributed by atoms with Gasteiger partial charge in [-0.25, -0.2) is 8.42 Å². The Labute approximate surface area is 147 Å². The predicted molar refractivity (Wildman–Crippen MR) is 96.3 cm³/mol. The van der Waals surface area contributed by atoms with E-state index in [0.717, 1.165) is 18.8 Å². The Morgan fingerprint density at radius 2 is 1.79 bits per heavy atom. The molecule has 1 saturated heterocycles. The smallest absolute Gasteiger partial charge is 0.261 e. The second kappa shape index (κ2) is 7.01. The van der Waals surface area contributed by atoms with Crippen LogP contribution in [0, 0.1) is 0 Å². The minimum Gasteiger partial charge on any atom is -0.375 e. The summed E-state index contributed by atoms with van der Waals surface area (Å²) in [6.45, 7) is 4.41. The number of sulfonamides is 1. The fraction of sp³-hybridized carbons (Fsp3) is 0.294. The average molecular weight is 367 g/mol. The molecule has 0 aromatic heterocycles. The molecular weight excluding hydrogens is 348 g/mol. The predicted octanol–water partition coefficient (Wildman–Crippen LogP) is 3.37. The van der Waals surface area contributed by atoms with Crippen molar-refractivity contribution in [3.8, 4) is 0 Å². The van der Waals surface area contributed by atoms with Crippen molar-refractivity contribution in [2.45, 2.75) is 17.9 Å². The molecule has 5 nitrogen and oxygen atoms in total. The van der Waals surface area contributed by atoms with E-state index in [1.54, 1.807) is 24.3 Å². The number of rotatable bonds is 4. The van der Waals surface area contributed by atoms with Crippen molar-refractivity contribution in [2.24, 2.45) is 0 Å². The zero-order valence-electron chi connectivity index (χ0n) is 13.3. The number of hydrogen-bond acceptors (Lipinski definition) is 4. The maximum Gasteiger partial charge on any atom is 0.261 e. The number of morpholine rings is 1. The number of anilines is 2. The average Bonchev–Trinajstić information content (AvgIpc) is 2.55. The summed E-state index contributed by atoms with van der Waals surface area (Å²) >= 11 is 5.79. The van der Waals surface area contributed by atoms with Crippen LogP contribution in [0.3, 0.4) is 0 Å². The molecule has 0 aliphatic carbocycles. The zero-order chi connectivity index (χ0) is 17.2. The highest BCUT2D eigenvalue weighted by Crippen LogP contribution is 2.23. The van der Waals surface area contributed by atoms with Gasteiger partial charge in [0.15, 0.2) is 0 Å². The summed E-state index contributed by atoms with van der Waals surface area (Å²) in [4.78, 5) is 2.41. The minimum atomic E-state index is -3.62. The van der Waals surface area contributed by atoms with Gasteiger partial charge in [-0.1, -0.05) is 11.6 Å². The molecule has 0 amide bonds. The van der Waals surface area contributed by atoms with Crippen LogP contribution in [0.25, 0.3) is 0 Å². The molecule has 0 radical (unpaired) electrons. The Hall–Kier alpha value is -1.76. The van der Waals surface area contributed by atoms with Gasteiger partial charge in [0.1, 0.15) is 0 Å². The zero-order valence-corrected chi connectivity index (χ0v) is 14.8. The highest BCUT2D eigenvalue weighted by molar-refractivity contribution is 7.92. The summed E-state index contributed by atoms with van der Waals surface area (Å²) in [7, 11) is -3.62. The Balaban J connectivity index is 1.72. The first-order chi connectivity index (χ1) is 11.4. The van der Waals surface area contributed by atoms with E-state index in [4.69, 9.17) is 16.3 Å². The number of benzene rings is 2. The van der Waals surface area contributed by atoms with Crippen LogP contribution in [0.4, 0.5) is 11.4 Å². The van der Waals surface area contributed by atoms with Crippen molar-refractivity contribution in [1.29, 1.82) is 0 Å². The quantitative estimate of drug-likeness (QED) is 0.901. The van der Waals surface area contributed by atoms with Gasteiger partial charge in [0.05, 0.1) is 17.6 Å². The fourth-order valence-electron chi connectivity index (χ4n) is 2.62. The highest BCUT2D eigenvalue weighted by Gasteiger charge is 2.18. The van der Waals surface area contributed by atoms with Crippen LogP contribution in [0.2, 0.25) is 5.02 Å². The van der Waals surface area contributed by atoms with Gasteiger partial charge in [0, 0.05) is 29.5 Å². The largest absolute Gasteiger partial charge is 0.375 e. The molecule has 2 aromatic carbocycles. The molecule has 1 aliphatic rings. The van der Waals surface area contributed by atoms with E-state index in [9.17, 15) is 8.42 Å². The van der Waals surface area contributed by atoms with Gasteiger partial charge in [-0.05, 0) is 55.5 Å². The monoisotopic (exact) mass is 366 g/mol. The molecule has 1 aliphatic heterocycles. The molecule has 1 N–H and O–H groups in total. The molecule has 7 heteroatoms. The molecule has 0 bridgehead atoms. The molecule has 0 saturated carbocycles. The first-order valence-electron chi connectivity index (χ1n) is 7.69. The number of halogens is 1. The standard InChI is InChI=1S/C17H19ClN2O3S/c1-13-12-20(10-11-23-13)16-6-4-15(5-7-16)19-24(21,22)17-8-2-14(18)3-9-17/h2-9,13,19H,10-12H2,1H3. The lowest BCUT2D eigenvalue weighted by atomic mass is 10.2. The first-order valence-corrected chi connectivity index (χ1v) is 9.55. The molecule has 1 atom stereocenters. The van der Waals surface area contributed by atoms with Crippen LogP contribution >= 0.6 is 11.6 Å². The van der Waals surface area contributed by atoms with E-state index < -0.39 is 10.0 Å². The van der Waals surface area contributed by atoms with Gasteiger partial charge >= 0.3 is 0 Å². The third-order valence-corrected chi connectivity index (χ3v) is 5.50. The molecule has 1 fully saturated rings. The van der Waals surface area contributed by atoms with Crippen LogP contribution < -0.4 is 9.62 Å². The summed E-state index contributed by atoms with van der Waals surface area (Å²) in [6.07, 6.45) is 0.196. The van der Waals surface area contributed by atoms with Crippen molar-refractivity contribution in [3.05, 3.63) is 53.6 Å². The topological polar surface area (TPSA) is 58.6 Å². The summed E-state index contributed by atoms with van der Waals surface area (Å²) in [6, 6.07) is 13.4. The van der Waals surface area contributed by atoms with Gasteiger partial charge in [-0.3, -0.25) is 4.72 Å². The molecule has 3 rings (SSSR count). The van der Waals surface area contributed by atoms with E-state index >= 15 is 0 Å². The Morgan fingerprint density at radius 3 is 2.42 bits per heavy atom. The second-order valence-electron chi connectivity index (χ2n) is 5.73. The first kappa shape index (κ1) is 17.1. The number of nitrogens with one attached hydrogen (secondary N) is 1. The van der Waals surface area contributed by atoms with Crippen LogP contribution in [0.15, 0.2) is 53.4 Å². The highest BCUT2D eigenvalue weighted by atomic mass is 35.5.